The van der Waals surface area contributed by atoms with Gasteiger partial charge in [-0.2, -0.15) is 0 Å². The van der Waals surface area contributed by atoms with E-state index >= 15 is 0 Å². The molecule has 0 aromatic heterocycles. The maximum atomic E-state index is 13.4. The summed E-state index contributed by atoms with van der Waals surface area (Å²) in [5.74, 6) is -0.648. The summed E-state index contributed by atoms with van der Waals surface area (Å²) in [4.78, 5) is 11.8. The highest BCUT2D eigenvalue weighted by molar-refractivity contribution is 5.81. The number of benzene rings is 1. The highest BCUT2D eigenvalue weighted by Crippen LogP contribution is 2.17. The van der Waals surface area contributed by atoms with E-state index in [9.17, 15) is 9.18 Å². The fourth-order valence-electron chi connectivity index (χ4n) is 1.41. The Morgan fingerprint density at radius 1 is 1.44 bits per heavy atom. The summed E-state index contributed by atoms with van der Waals surface area (Å²) < 4.78 is 23.6. The largest absolute Gasteiger partial charge is 0.478 e. The molecule has 100 valence electrons. The Bertz CT molecular complexity index is 384. The molecule has 0 aliphatic rings. The fourth-order valence-corrected chi connectivity index (χ4v) is 1.41. The smallest absolute Gasteiger partial charge is 0.261 e. The number of methoxy groups -OCH3 is 1. The number of nitrogens with one attached hydrogen (secondary N) is 1. The molecule has 18 heavy (non-hydrogen) atoms. The molecule has 1 N–H and O–H groups in total. The van der Waals surface area contributed by atoms with Crippen LogP contribution in [0.4, 0.5) is 4.39 Å². The minimum atomic E-state index is -0.696. The van der Waals surface area contributed by atoms with Crippen LogP contribution in [0.3, 0.4) is 0 Å². The number of rotatable bonds is 7. The number of ether oxygens (including phenoxy) is 2. The predicted octanol–water partition coefficient (Wildman–Crippen LogP) is 1.75. The molecule has 0 spiro atoms. The van der Waals surface area contributed by atoms with Crippen molar-refractivity contribution in [2.75, 3.05) is 20.3 Å². The van der Waals surface area contributed by atoms with Gasteiger partial charge in [-0.05, 0) is 18.6 Å². The summed E-state index contributed by atoms with van der Waals surface area (Å²) in [7, 11) is 1.55. The number of carbonyl (C=O) groups excluding carboxylic acids is 1. The van der Waals surface area contributed by atoms with Gasteiger partial charge in [0.2, 0.25) is 0 Å². The maximum Gasteiger partial charge on any atom is 0.261 e. The van der Waals surface area contributed by atoms with Crippen molar-refractivity contribution in [2.45, 2.75) is 19.4 Å². The van der Waals surface area contributed by atoms with Gasteiger partial charge in [0, 0.05) is 13.7 Å². The summed E-state index contributed by atoms with van der Waals surface area (Å²) in [6.45, 7) is 2.65. The Morgan fingerprint density at radius 3 is 2.78 bits per heavy atom. The van der Waals surface area contributed by atoms with Crippen LogP contribution in [0.25, 0.3) is 0 Å². The lowest BCUT2D eigenvalue weighted by atomic mass is 10.2. The molecule has 1 aromatic rings. The van der Waals surface area contributed by atoms with E-state index in [0.29, 0.717) is 19.6 Å². The second-order valence-corrected chi connectivity index (χ2v) is 3.73. The zero-order valence-corrected chi connectivity index (χ0v) is 10.6. The van der Waals surface area contributed by atoms with Crippen molar-refractivity contribution in [1.82, 2.24) is 5.32 Å². The molecule has 4 nitrogen and oxygen atoms in total. The number of para-hydroxylation sites is 1. The van der Waals surface area contributed by atoms with Gasteiger partial charge in [0.25, 0.3) is 5.91 Å². The average molecular weight is 255 g/mol. The monoisotopic (exact) mass is 255 g/mol. The Morgan fingerprint density at radius 2 is 2.17 bits per heavy atom. The second kappa shape index (κ2) is 7.66. The van der Waals surface area contributed by atoms with E-state index in [4.69, 9.17) is 9.47 Å². The molecule has 0 heterocycles. The Kier molecular flexibility index (Phi) is 6.14. The Labute approximate surface area is 106 Å². The second-order valence-electron chi connectivity index (χ2n) is 3.73. The molecule has 1 atom stereocenters. The third-order valence-corrected chi connectivity index (χ3v) is 2.37. The summed E-state index contributed by atoms with van der Waals surface area (Å²) >= 11 is 0. The van der Waals surface area contributed by atoms with Crippen molar-refractivity contribution in [3.63, 3.8) is 0 Å². The summed E-state index contributed by atoms with van der Waals surface area (Å²) in [6.07, 6.45) is -0.230. The molecule has 0 saturated carbocycles. The lowest BCUT2D eigenvalue weighted by molar-refractivity contribution is -0.128. The van der Waals surface area contributed by atoms with Crippen LogP contribution >= 0.6 is 0 Å². The molecule has 0 aliphatic heterocycles. The van der Waals surface area contributed by atoms with E-state index in [-0.39, 0.29) is 11.7 Å². The van der Waals surface area contributed by atoms with Crippen LogP contribution in [0.2, 0.25) is 0 Å². The fraction of sp³-hybridized carbons (Fsp3) is 0.462. The van der Waals surface area contributed by atoms with Crippen molar-refractivity contribution in [3.8, 4) is 5.75 Å². The number of halogens is 1. The molecular formula is C13H18FNO3. The standard InChI is InChI=1S/C13H18FNO3/c1-3-11(13(16)15-8-9-17-2)18-12-7-5-4-6-10(12)14/h4-7,11H,3,8-9H2,1-2H3,(H,15,16). The number of hydrogen-bond donors (Lipinski definition) is 1. The Balaban J connectivity index is 2.56. The first-order valence-corrected chi connectivity index (χ1v) is 5.86. The van der Waals surface area contributed by atoms with Gasteiger partial charge in [-0.1, -0.05) is 19.1 Å². The summed E-state index contributed by atoms with van der Waals surface area (Å²) in [6, 6.07) is 6.03. The maximum absolute atomic E-state index is 13.4. The van der Waals surface area contributed by atoms with Crippen LogP contribution in [0.15, 0.2) is 24.3 Å². The van der Waals surface area contributed by atoms with Gasteiger partial charge in [0.05, 0.1) is 6.61 Å². The minimum absolute atomic E-state index is 0.0891. The highest BCUT2D eigenvalue weighted by Gasteiger charge is 2.19. The quantitative estimate of drug-likeness (QED) is 0.755. The van der Waals surface area contributed by atoms with E-state index < -0.39 is 11.9 Å². The predicted molar refractivity (Wildman–Crippen MR) is 66.0 cm³/mol. The first kappa shape index (κ1) is 14.4. The summed E-state index contributed by atoms with van der Waals surface area (Å²) in [5.41, 5.74) is 0. The lowest BCUT2D eigenvalue weighted by Gasteiger charge is -2.17. The van der Waals surface area contributed by atoms with Crippen molar-refractivity contribution < 1.29 is 18.7 Å². The van der Waals surface area contributed by atoms with E-state index in [2.05, 4.69) is 5.32 Å². The topological polar surface area (TPSA) is 47.6 Å². The van der Waals surface area contributed by atoms with Gasteiger partial charge in [0.15, 0.2) is 17.7 Å². The molecule has 1 rings (SSSR count). The van der Waals surface area contributed by atoms with Gasteiger partial charge in [0.1, 0.15) is 0 Å². The van der Waals surface area contributed by atoms with Crippen LogP contribution in [-0.2, 0) is 9.53 Å². The van der Waals surface area contributed by atoms with Crippen molar-refractivity contribution in [3.05, 3.63) is 30.1 Å². The molecule has 0 fully saturated rings. The normalized spacial score (nSPS) is 11.9. The number of carbonyl (C=O) groups is 1. The molecule has 0 aliphatic carbocycles. The third-order valence-electron chi connectivity index (χ3n) is 2.37. The zero-order valence-electron chi connectivity index (χ0n) is 10.6. The molecule has 1 amide bonds. The van der Waals surface area contributed by atoms with Gasteiger partial charge < -0.3 is 14.8 Å². The van der Waals surface area contributed by atoms with Gasteiger partial charge in [-0.15, -0.1) is 0 Å². The van der Waals surface area contributed by atoms with Gasteiger partial charge >= 0.3 is 0 Å². The zero-order chi connectivity index (χ0) is 13.4. The molecular weight excluding hydrogens is 237 g/mol. The van der Waals surface area contributed by atoms with Crippen molar-refractivity contribution >= 4 is 5.91 Å². The molecule has 5 heteroatoms. The molecule has 0 radical (unpaired) electrons. The van der Waals surface area contributed by atoms with Gasteiger partial charge in [-0.3, -0.25) is 4.79 Å². The average Bonchev–Trinajstić information content (AvgIpc) is 2.38. The Hall–Kier alpha value is -1.62. The van der Waals surface area contributed by atoms with Crippen LogP contribution < -0.4 is 10.1 Å². The van der Waals surface area contributed by atoms with Crippen LogP contribution in [0.5, 0.6) is 5.75 Å². The molecule has 1 unspecified atom stereocenters. The van der Waals surface area contributed by atoms with E-state index in [0.717, 1.165) is 0 Å². The van der Waals surface area contributed by atoms with E-state index in [1.54, 1.807) is 26.2 Å². The third kappa shape index (κ3) is 4.33. The van der Waals surface area contributed by atoms with Crippen molar-refractivity contribution in [2.24, 2.45) is 0 Å². The minimum Gasteiger partial charge on any atom is -0.478 e. The van der Waals surface area contributed by atoms with Crippen LogP contribution in [0.1, 0.15) is 13.3 Å². The number of hydrogen-bond acceptors (Lipinski definition) is 3. The molecule has 1 aromatic carbocycles. The SMILES string of the molecule is CCC(Oc1ccccc1F)C(=O)NCCOC. The first-order valence-electron chi connectivity index (χ1n) is 5.86. The molecule has 0 saturated heterocycles. The van der Waals surface area contributed by atoms with Gasteiger partial charge in [-0.25, -0.2) is 4.39 Å². The highest BCUT2D eigenvalue weighted by atomic mass is 19.1. The van der Waals surface area contributed by atoms with Crippen LogP contribution in [0, 0.1) is 5.82 Å². The van der Waals surface area contributed by atoms with Crippen LogP contribution in [-0.4, -0.2) is 32.3 Å². The lowest BCUT2D eigenvalue weighted by Crippen LogP contribution is -2.39. The van der Waals surface area contributed by atoms with E-state index in [1.165, 1.54) is 12.1 Å². The first-order chi connectivity index (χ1) is 8.69. The van der Waals surface area contributed by atoms with E-state index in [1.807, 2.05) is 0 Å². The number of amides is 1. The molecule has 0 bridgehead atoms. The van der Waals surface area contributed by atoms with Crippen molar-refractivity contribution in [1.29, 1.82) is 0 Å². The summed E-state index contributed by atoms with van der Waals surface area (Å²) in [5, 5.41) is 2.66.